The van der Waals surface area contributed by atoms with Crippen molar-refractivity contribution in [1.29, 1.82) is 0 Å². The quantitative estimate of drug-likeness (QED) is 0.807. The summed E-state index contributed by atoms with van der Waals surface area (Å²) in [5.74, 6) is 0. The summed E-state index contributed by atoms with van der Waals surface area (Å²) in [5, 5.41) is 3.01. The number of hydrogen-bond acceptors (Lipinski definition) is 2. The van der Waals surface area contributed by atoms with Crippen LogP contribution in [-0.2, 0) is 0 Å². The predicted molar refractivity (Wildman–Crippen MR) is 66.4 cm³/mol. The van der Waals surface area contributed by atoms with E-state index in [0.717, 1.165) is 32.5 Å². The number of carbonyl (C=O) groups is 1. The number of likely N-dealkylation sites (tertiary alicyclic amines) is 1. The van der Waals surface area contributed by atoms with Crippen LogP contribution in [0.4, 0.5) is 4.79 Å². The molecule has 0 unspecified atom stereocenters. The molecule has 0 atom stereocenters. The highest BCUT2D eigenvalue weighted by Gasteiger charge is 2.20. The van der Waals surface area contributed by atoms with Gasteiger partial charge in [0.05, 0.1) is 0 Å². The maximum atomic E-state index is 11.8. The Hall–Kier alpha value is -0.380. The van der Waals surface area contributed by atoms with Crippen molar-refractivity contribution in [2.75, 3.05) is 25.9 Å². The largest absolute Gasteiger partial charge is 0.337 e. The SMILES string of the molecule is CSC(C)(C)CNC(=O)N1CCCCC1. The maximum Gasteiger partial charge on any atom is 0.317 e. The molecule has 1 saturated heterocycles. The van der Waals surface area contributed by atoms with E-state index in [0.29, 0.717) is 0 Å². The third kappa shape index (κ3) is 4.33. The molecule has 1 aliphatic heterocycles. The Kier molecular flexibility index (Phi) is 4.77. The van der Waals surface area contributed by atoms with Gasteiger partial charge in [-0.3, -0.25) is 0 Å². The molecule has 0 aromatic heterocycles. The van der Waals surface area contributed by atoms with Crippen LogP contribution in [0.2, 0.25) is 0 Å². The first kappa shape index (κ1) is 12.7. The lowest BCUT2D eigenvalue weighted by Gasteiger charge is -2.29. The van der Waals surface area contributed by atoms with Gasteiger partial charge in [-0.1, -0.05) is 0 Å². The number of amides is 2. The molecule has 4 heteroatoms. The van der Waals surface area contributed by atoms with Crippen molar-refractivity contribution >= 4 is 17.8 Å². The molecule has 0 radical (unpaired) electrons. The Morgan fingerprint density at radius 1 is 1.33 bits per heavy atom. The van der Waals surface area contributed by atoms with Crippen LogP contribution in [-0.4, -0.2) is 41.6 Å². The van der Waals surface area contributed by atoms with Gasteiger partial charge in [-0.05, 0) is 39.4 Å². The summed E-state index contributed by atoms with van der Waals surface area (Å²) in [6.45, 7) is 6.88. The van der Waals surface area contributed by atoms with Gasteiger partial charge in [0.15, 0.2) is 0 Å². The van der Waals surface area contributed by atoms with Crippen LogP contribution in [0.5, 0.6) is 0 Å². The van der Waals surface area contributed by atoms with E-state index in [1.807, 2.05) is 4.90 Å². The number of urea groups is 1. The first-order valence-electron chi connectivity index (χ1n) is 5.63. The van der Waals surface area contributed by atoms with Crippen LogP contribution >= 0.6 is 11.8 Å². The average Bonchev–Trinajstić information content (AvgIpc) is 2.27. The van der Waals surface area contributed by atoms with Crippen molar-refractivity contribution in [2.45, 2.75) is 37.9 Å². The minimum absolute atomic E-state index is 0.108. The smallest absolute Gasteiger partial charge is 0.317 e. The number of carbonyl (C=O) groups excluding carboxylic acids is 1. The van der Waals surface area contributed by atoms with Crippen molar-refractivity contribution < 1.29 is 4.79 Å². The van der Waals surface area contributed by atoms with Crippen LogP contribution in [0, 0.1) is 0 Å². The van der Waals surface area contributed by atoms with Crippen LogP contribution in [0.3, 0.4) is 0 Å². The molecule has 1 fully saturated rings. The summed E-state index contributed by atoms with van der Waals surface area (Å²) >= 11 is 1.78. The fraction of sp³-hybridized carbons (Fsp3) is 0.909. The molecule has 0 saturated carbocycles. The van der Waals surface area contributed by atoms with Gasteiger partial charge in [-0.2, -0.15) is 11.8 Å². The van der Waals surface area contributed by atoms with E-state index in [1.54, 1.807) is 11.8 Å². The predicted octanol–water partition coefficient (Wildman–Crippen LogP) is 2.32. The van der Waals surface area contributed by atoms with Gasteiger partial charge in [0.2, 0.25) is 0 Å². The molecule has 0 aliphatic carbocycles. The van der Waals surface area contributed by atoms with Gasteiger partial charge in [0, 0.05) is 24.4 Å². The number of nitrogens with zero attached hydrogens (tertiary/aromatic N) is 1. The fourth-order valence-corrected chi connectivity index (χ4v) is 1.79. The summed E-state index contributed by atoms with van der Waals surface area (Å²) in [5.41, 5.74) is 0. The highest BCUT2D eigenvalue weighted by atomic mass is 32.2. The molecule has 1 heterocycles. The molecule has 0 aromatic rings. The second-order valence-electron chi connectivity index (χ2n) is 4.67. The van der Waals surface area contributed by atoms with Crippen molar-refractivity contribution in [3.8, 4) is 0 Å². The molecule has 0 bridgehead atoms. The highest BCUT2D eigenvalue weighted by Crippen LogP contribution is 2.19. The maximum absolute atomic E-state index is 11.8. The summed E-state index contributed by atoms with van der Waals surface area (Å²) in [7, 11) is 0. The first-order valence-corrected chi connectivity index (χ1v) is 6.85. The summed E-state index contributed by atoms with van der Waals surface area (Å²) in [6.07, 6.45) is 5.64. The Morgan fingerprint density at radius 2 is 1.93 bits per heavy atom. The summed E-state index contributed by atoms with van der Waals surface area (Å²) in [4.78, 5) is 13.7. The zero-order valence-corrected chi connectivity index (χ0v) is 10.8. The van der Waals surface area contributed by atoms with Crippen molar-refractivity contribution in [3.63, 3.8) is 0 Å². The van der Waals surface area contributed by atoms with Gasteiger partial charge >= 0.3 is 6.03 Å². The molecule has 1 N–H and O–H groups in total. The van der Waals surface area contributed by atoms with E-state index in [4.69, 9.17) is 0 Å². The summed E-state index contributed by atoms with van der Waals surface area (Å²) in [6, 6.07) is 0.108. The monoisotopic (exact) mass is 230 g/mol. The molecule has 3 nitrogen and oxygen atoms in total. The second kappa shape index (κ2) is 5.64. The summed E-state index contributed by atoms with van der Waals surface area (Å²) < 4.78 is 0.130. The number of hydrogen-bond donors (Lipinski definition) is 1. The zero-order valence-electron chi connectivity index (χ0n) is 10.0. The molecule has 2 amide bonds. The van der Waals surface area contributed by atoms with Crippen LogP contribution in [0.25, 0.3) is 0 Å². The first-order chi connectivity index (χ1) is 7.05. The Labute approximate surface area is 97.0 Å². The van der Waals surface area contributed by atoms with E-state index >= 15 is 0 Å². The van der Waals surface area contributed by atoms with E-state index in [9.17, 15) is 4.79 Å². The Morgan fingerprint density at radius 3 is 2.47 bits per heavy atom. The van der Waals surface area contributed by atoms with Crippen LogP contribution in [0.1, 0.15) is 33.1 Å². The molecular formula is C11H22N2OS. The number of piperidine rings is 1. The van der Waals surface area contributed by atoms with Gasteiger partial charge in [0.25, 0.3) is 0 Å². The Bertz CT molecular complexity index is 213. The molecular weight excluding hydrogens is 208 g/mol. The van der Waals surface area contributed by atoms with E-state index in [1.165, 1.54) is 6.42 Å². The highest BCUT2D eigenvalue weighted by molar-refractivity contribution is 7.99. The standard InChI is InChI=1S/C11H22N2OS/c1-11(2,15-3)9-12-10(14)13-7-5-4-6-8-13/h4-9H2,1-3H3,(H,12,14). The molecule has 1 rings (SSSR count). The second-order valence-corrected chi connectivity index (χ2v) is 6.18. The van der Waals surface area contributed by atoms with Crippen LogP contribution in [0.15, 0.2) is 0 Å². The van der Waals surface area contributed by atoms with Crippen molar-refractivity contribution in [2.24, 2.45) is 0 Å². The molecule has 88 valence electrons. The molecule has 0 aromatic carbocycles. The van der Waals surface area contributed by atoms with Crippen molar-refractivity contribution in [1.82, 2.24) is 10.2 Å². The lowest BCUT2D eigenvalue weighted by atomic mass is 10.1. The normalized spacial score (nSPS) is 17.7. The topological polar surface area (TPSA) is 32.3 Å². The molecule has 0 spiro atoms. The average molecular weight is 230 g/mol. The number of thioether (sulfide) groups is 1. The van der Waals surface area contributed by atoms with E-state index in [2.05, 4.69) is 25.4 Å². The van der Waals surface area contributed by atoms with Gasteiger partial charge < -0.3 is 10.2 Å². The fourth-order valence-electron chi connectivity index (χ4n) is 1.57. The van der Waals surface area contributed by atoms with Gasteiger partial charge in [-0.25, -0.2) is 4.79 Å². The lowest BCUT2D eigenvalue weighted by molar-refractivity contribution is 0.186. The number of nitrogens with one attached hydrogen (secondary N) is 1. The van der Waals surface area contributed by atoms with Gasteiger partial charge in [-0.15, -0.1) is 0 Å². The van der Waals surface area contributed by atoms with Crippen LogP contribution < -0.4 is 5.32 Å². The minimum Gasteiger partial charge on any atom is -0.337 e. The van der Waals surface area contributed by atoms with E-state index in [-0.39, 0.29) is 10.8 Å². The molecule has 15 heavy (non-hydrogen) atoms. The third-order valence-electron chi connectivity index (χ3n) is 2.86. The van der Waals surface area contributed by atoms with Crippen molar-refractivity contribution in [3.05, 3.63) is 0 Å². The van der Waals surface area contributed by atoms with Gasteiger partial charge in [0.1, 0.15) is 0 Å². The minimum atomic E-state index is 0.108. The zero-order chi connectivity index (χ0) is 11.3. The molecule has 1 aliphatic rings. The number of rotatable bonds is 3. The third-order valence-corrected chi connectivity index (χ3v) is 4.11. The lowest BCUT2D eigenvalue weighted by Crippen LogP contribution is -2.46. The van der Waals surface area contributed by atoms with E-state index < -0.39 is 0 Å². The Balaban J connectivity index is 2.28.